The standard InChI is InChI=1S/C30H21FN2O4S/c1-16-11-19(31)13-24-27(16)37-25-10-9-18(17(2)34)12-21(25)23-15-32(3)30(36)28-22(23)14-26(38-28)29(35)33(24)20-7-5-4-6-8-20/h4-15H,1-3H3. The van der Waals surface area contributed by atoms with Gasteiger partial charge in [0.2, 0.25) is 0 Å². The third-order valence-corrected chi connectivity index (χ3v) is 7.75. The molecule has 0 fully saturated rings. The summed E-state index contributed by atoms with van der Waals surface area (Å²) in [6.45, 7) is 3.19. The van der Waals surface area contributed by atoms with E-state index in [1.54, 1.807) is 68.7 Å². The number of pyridine rings is 1. The SMILES string of the molecule is CC(=O)c1ccc2c(c1)-c1cn(C)c(=O)c3sc(cc13)C(=O)N(c1ccccc1)c1cc(F)cc(C)c1O2. The number of ether oxygens (including phenoxy) is 1. The maximum atomic E-state index is 14.9. The fourth-order valence-electron chi connectivity index (χ4n) is 4.77. The average Bonchev–Trinajstić information content (AvgIpc) is 3.34. The van der Waals surface area contributed by atoms with Crippen molar-refractivity contribution in [1.29, 1.82) is 0 Å². The van der Waals surface area contributed by atoms with Crippen molar-refractivity contribution in [3.63, 3.8) is 0 Å². The molecule has 188 valence electrons. The molecule has 1 amide bonds. The summed E-state index contributed by atoms with van der Waals surface area (Å²) in [6.07, 6.45) is 1.68. The number of aromatic nitrogens is 1. The first-order valence-electron chi connectivity index (χ1n) is 11.9. The van der Waals surface area contributed by atoms with Gasteiger partial charge >= 0.3 is 0 Å². The van der Waals surface area contributed by atoms with Crippen LogP contribution < -0.4 is 15.2 Å². The molecule has 8 heteroatoms. The lowest BCUT2D eigenvalue weighted by Crippen LogP contribution is -2.26. The van der Waals surface area contributed by atoms with Crippen molar-refractivity contribution in [3.05, 3.63) is 105 Å². The number of carbonyl (C=O) groups is 2. The monoisotopic (exact) mass is 524 g/mol. The summed E-state index contributed by atoms with van der Waals surface area (Å²) in [4.78, 5) is 41.3. The molecule has 0 aliphatic carbocycles. The molecule has 6 nitrogen and oxygen atoms in total. The second-order valence-electron chi connectivity index (χ2n) is 9.23. The molecule has 0 saturated heterocycles. The van der Waals surface area contributed by atoms with Crippen LogP contribution in [0.1, 0.15) is 32.5 Å². The highest BCUT2D eigenvalue weighted by atomic mass is 32.1. The predicted octanol–water partition coefficient (Wildman–Crippen LogP) is 7.00. The van der Waals surface area contributed by atoms with Gasteiger partial charge in [0.05, 0.1) is 10.6 Å². The summed E-state index contributed by atoms with van der Waals surface area (Å²) in [5.41, 5.74) is 2.68. The number of Topliss-reactive ketones (excluding diaryl/α,β-unsaturated/α-hetero) is 1. The number of para-hydroxylation sites is 1. The zero-order valence-corrected chi connectivity index (χ0v) is 21.6. The van der Waals surface area contributed by atoms with E-state index in [1.807, 2.05) is 6.07 Å². The van der Waals surface area contributed by atoms with E-state index in [9.17, 15) is 18.8 Å². The first kappa shape index (κ1) is 23.8. The molecular weight excluding hydrogens is 503 g/mol. The Balaban J connectivity index is 1.77. The number of benzene rings is 3. The Bertz CT molecular complexity index is 1860. The lowest BCUT2D eigenvalue weighted by Gasteiger charge is -2.26. The Morgan fingerprint density at radius 1 is 0.974 bits per heavy atom. The topological polar surface area (TPSA) is 68.6 Å². The number of rotatable bonds is 2. The highest BCUT2D eigenvalue weighted by Gasteiger charge is 2.29. The van der Waals surface area contributed by atoms with Crippen molar-refractivity contribution in [2.45, 2.75) is 13.8 Å². The van der Waals surface area contributed by atoms with Gasteiger partial charge in [-0.2, -0.15) is 0 Å². The van der Waals surface area contributed by atoms with Crippen LogP contribution in [0.3, 0.4) is 0 Å². The predicted molar refractivity (Wildman–Crippen MR) is 147 cm³/mol. The number of fused-ring (bicyclic) bond motifs is 4. The second kappa shape index (κ2) is 8.78. The summed E-state index contributed by atoms with van der Waals surface area (Å²) in [6, 6.07) is 18.3. The van der Waals surface area contributed by atoms with Crippen molar-refractivity contribution in [3.8, 4) is 22.6 Å². The molecule has 0 atom stereocenters. The normalized spacial score (nSPS) is 12.6. The first-order valence-corrected chi connectivity index (χ1v) is 12.7. The quantitative estimate of drug-likeness (QED) is 0.233. The molecule has 38 heavy (non-hydrogen) atoms. The van der Waals surface area contributed by atoms with Crippen LogP contribution in [0, 0.1) is 12.7 Å². The van der Waals surface area contributed by atoms with Gasteiger partial charge in [-0.05, 0) is 61.9 Å². The van der Waals surface area contributed by atoms with Crippen molar-refractivity contribution in [2.24, 2.45) is 7.05 Å². The number of anilines is 2. The molecule has 1 aliphatic heterocycles. The minimum Gasteiger partial charge on any atom is -0.454 e. The highest BCUT2D eigenvalue weighted by molar-refractivity contribution is 7.21. The van der Waals surface area contributed by atoms with Crippen LogP contribution in [0.5, 0.6) is 11.5 Å². The fourth-order valence-corrected chi connectivity index (χ4v) is 5.86. The van der Waals surface area contributed by atoms with Crippen LogP contribution in [0.15, 0.2) is 77.7 Å². The van der Waals surface area contributed by atoms with Crippen molar-refractivity contribution in [2.75, 3.05) is 4.90 Å². The summed E-state index contributed by atoms with van der Waals surface area (Å²) in [5.74, 6) is -0.361. The van der Waals surface area contributed by atoms with Crippen LogP contribution in [-0.4, -0.2) is 16.3 Å². The van der Waals surface area contributed by atoms with Crippen molar-refractivity contribution < 1.29 is 18.7 Å². The maximum Gasteiger partial charge on any atom is 0.273 e. The molecule has 5 aromatic rings. The van der Waals surface area contributed by atoms with Crippen LogP contribution >= 0.6 is 11.3 Å². The van der Waals surface area contributed by atoms with Gasteiger partial charge in [0.15, 0.2) is 11.5 Å². The van der Waals surface area contributed by atoms with Crippen LogP contribution in [0.4, 0.5) is 15.8 Å². The molecule has 6 rings (SSSR count). The minimum atomic E-state index is -0.522. The number of aryl methyl sites for hydroxylation is 2. The number of amides is 1. The second-order valence-corrected chi connectivity index (χ2v) is 10.3. The molecule has 0 N–H and O–H groups in total. The molecule has 2 aromatic heterocycles. The molecule has 3 aromatic carbocycles. The first-order chi connectivity index (χ1) is 18.2. The lowest BCUT2D eigenvalue weighted by atomic mass is 9.99. The van der Waals surface area contributed by atoms with E-state index in [-0.39, 0.29) is 17.0 Å². The molecule has 0 unspecified atom stereocenters. The number of ketones is 1. The molecule has 3 heterocycles. The van der Waals surface area contributed by atoms with E-state index in [0.29, 0.717) is 54.4 Å². The minimum absolute atomic E-state index is 0.127. The summed E-state index contributed by atoms with van der Waals surface area (Å²) in [5, 5.41) is 0.578. The highest BCUT2D eigenvalue weighted by Crippen LogP contribution is 2.46. The Kier molecular flexibility index (Phi) is 5.50. The zero-order chi connectivity index (χ0) is 26.7. The molecule has 0 radical (unpaired) electrons. The average molecular weight is 525 g/mol. The van der Waals surface area contributed by atoms with Crippen LogP contribution in [-0.2, 0) is 7.05 Å². The van der Waals surface area contributed by atoms with Crippen LogP contribution in [0.2, 0.25) is 0 Å². The largest absolute Gasteiger partial charge is 0.454 e. The van der Waals surface area contributed by atoms with Gasteiger partial charge in [-0.3, -0.25) is 19.3 Å². The molecular formula is C30H21FN2O4S. The van der Waals surface area contributed by atoms with Gasteiger partial charge in [-0.25, -0.2) is 4.39 Å². The summed E-state index contributed by atoms with van der Waals surface area (Å²) in [7, 11) is 1.65. The maximum absolute atomic E-state index is 14.9. The van der Waals surface area contributed by atoms with E-state index < -0.39 is 11.7 Å². The van der Waals surface area contributed by atoms with Crippen molar-refractivity contribution >= 4 is 44.5 Å². The number of nitrogens with zero attached hydrogens (tertiary/aromatic N) is 2. The van der Waals surface area contributed by atoms with Gasteiger partial charge in [-0.1, -0.05) is 18.2 Å². The summed E-state index contributed by atoms with van der Waals surface area (Å²) >= 11 is 1.09. The van der Waals surface area contributed by atoms with Gasteiger partial charge in [0.1, 0.15) is 16.3 Å². The number of carbonyl (C=O) groups excluding carboxylic acids is 2. The van der Waals surface area contributed by atoms with E-state index in [1.165, 1.54) is 28.5 Å². The van der Waals surface area contributed by atoms with E-state index in [4.69, 9.17) is 4.74 Å². The lowest BCUT2D eigenvalue weighted by molar-refractivity contribution is 0.0998. The summed E-state index contributed by atoms with van der Waals surface area (Å²) < 4.78 is 23.2. The van der Waals surface area contributed by atoms with Gasteiger partial charge in [0, 0.05) is 47.1 Å². The number of hydrogen-bond donors (Lipinski definition) is 0. The fraction of sp³-hybridized carbons (Fsp3) is 0.100. The molecule has 1 aliphatic rings. The third-order valence-electron chi connectivity index (χ3n) is 6.64. The number of thiophene rings is 1. The van der Waals surface area contributed by atoms with Gasteiger partial charge < -0.3 is 9.30 Å². The van der Waals surface area contributed by atoms with Crippen LogP contribution in [0.25, 0.3) is 21.2 Å². The Hall–Kier alpha value is -4.56. The molecule has 0 spiro atoms. The Morgan fingerprint density at radius 2 is 1.74 bits per heavy atom. The van der Waals surface area contributed by atoms with E-state index in [0.717, 1.165) is 11.3 Å². The third kappa shape index (κ3) is 3.72. The van der Waals surface area contributed by atoms with Crippen molar-refractivity contribution in [1.82, 2.24) is 4.57 Å². The number of halogens is 1. The number of hydrogen-bond acceptors (Lipinski definition) is 5. The Morgan fingerprint density at radius 3 is 2.47 bits per heavy atom. The van der Waals surface area contributed by atoms with E-state index >= 15 is 0 Å². The zero-order valence-electron chi connectivity index (χ0n) is 20.7. The molecule has 0 saturated carbocycles. The van der Waals surface area contributed by atoms with Gasteiger partial charge in [0.25, 0.3) is 11.5 Å². The molecule has 2 bridgehead atoms. The smallest absolute Gasteiger partial charge is 0.273 e. The van der Waals surface area contributed by atoms with Gasteiger partial charge in [-0.15, -0.1) is 11.3 Å². The Labute approximate surface area is 221 Å². The van der Waals surface area contributed by atoms with E-state index in [2.05, 4.69) is 0 Å².